The van der Waals surface area contributed by atoms with Gasteiger partial charge in [0, 0.05) is 18.2 Å². The number of ether oxygens (including phenoxy) is 2. The van der Waals surface area contributed by atoms with Gasteiger partial charge in [0.05, 0.1) is 25.3 Å². The zero-order chi connectivity index (χ0) is 23.6. The van der Waals surface area contributed by atoms with Gasteiger partial charge in [-0.05, 0) is 55.3 Å². The van der Waals surface area contributed by atoms with E-state index in [4.69, 9.17) is 9.47 Å². The Bertz CT molecular complexity index is 1170. The van der Waals surface area contributed by atoms with Crippen molar-refractivity contribution >= 4 is 11.6 Å². The molecule has 0 aliphatic heterocycles. The highest BCUT2D eigenvalue weighted by molar-refractivity contribution is 5.96. The molecule has 3 aromatic rings. The smallest absolute Gasteiger partial charge is 0.228 e. The van der Waals surface area contributed by atoms with Crippen LogP contribution in [-0.2, 0) is 21.6 Å². The maximum atomic E-state index is 14.0. The van der Waals surface area contributed by atoms with Gasteiger partial charge in [-0.1, -0.05) is 6.07 Å². The van der Waals surface area contributed by atoms with Crippen LogP contribution >= 0.6 is 0 Å². The summed E-state index contributed by atoms with van der Waals surface area (Å²) in [6.45, 7) is 1.95. The Morgan fingerprint density at radius 3 is 2.61 bits per heavy atom. The van der Waals surface area contributed by atoms with Crippen LogP contribution in [0.1, 0.15) is 23.5 Å². The van der Waals surface area contributed by atoms with E-state index in [1.165, 1.54) is 43.6 Å². The maximum Gasteiger partial charge on any atom is 0.228 e. The Balaban J connectivity index is 1.59. The lowest BCUT2D eigenvalue weighted by atomic mass is 9.93. The molecule has 0 bridgehead atoms. The third-order valence-electron chi connectivity index (χ3n) is 5.71. The van der Waals surface area contributed by atoms with E-state index >= 15 is 0 Å². The van der Waals surface area contributed by atoms with Gasteiger partial charge in [-0.2, -0.15) is 0 Å². The highest BCUT2D eigenvalue weighted by Crippen LogP contribution is 2.55. The summed E-state index contributed by atoms with van der Waals surface area (Å²) in [4.78, 5) is 21.4. The lowest BCUT2D eigenvalue weighted by Crippen LogP contribution is -2.27. The molecular formula is C24H22F3N3O3. The average molecular weight is 457 g/mol. The number of aryl methyl sites for hydroxylation is 1. The number of aromatic nitrogens is 2. The van der Waals surface area contributed by atoms with Crippen LogP contribution in [0.25, 0.3) is 0 Å². The Kier molecular flexibility index (Phi) is 6.33. The third-order valence-corrected chi connectivity index (χ3v) is 5.71. The third kappa shape index (κ3) is 4.83. The minimum atomic E-state index is -1.00. The van der Waals surface area contributed by atoms with Crippen LogP contribution in [0.3, 0.4) is 0 Å². The molecule has 9 heteroatoms. The van der Waals surface area contributed by atoms with E-state index in [1.807, 2.05) is 0 Å². The molecule has 0 radical (unpaired) electrons. The Labute approximate surface area is 188 Å². The zero-order valence-corrected chi connectivity index (χ0v) is 18.1. The van der Waals surface area contributed by atoms with Crippen molar-refractivity contribution in [3.05, 3.63) is 83.2 Å². The molecule has 1 aromatic heterocycles. The Hall–Kier alpha value is -3.46. The zero-order valence-electron chi connectivity index (χ0n) is 18.1. The van der Waals surface area contributed by atoms with Crippen molar-refractivity contribution < 1.29 is 27.4 Å². The molecule has 4 rings (SSSR count). The van der Waals surface area contributed by atoms with Gasteiger partial charge in [0.15, 0.2) is 17.4 Å². The summed E-state index contributed by atoms with van der Waals surface area (Å²) in [5.74, 6) is -2.36. The largest absolute Gasteiger partial charge is 0.489 e. The molecule has 2 atom stereocenters. The van der Waals surface area contributed by atoms with Crippen LogP contribution in [0.4, 0.5) is 18.9 Å². The fourth-order valence-electron chi connectivity index (χ4n) is 3.85. The number of carbonyl (C=O) groups excluding carboxylic acids is 1. The van der Waals surface area contributed by atoms with Crippen LogP contribution in [0, 0.1) is 30.3 Å². The molecule has 1 N–H and O–H groups in total. The highest BCUT2D eigenvalue weighted by Gasteiger charge is 2.60. The molecule has 0 spiro atoms. The molecule has 1 amide bonds. The first-order valence-corrected chi connectivity index (χ1v) is 10.3. The van der Waals surface area contributed by atoms with Crippen molar-refractivity contribution in [2.45, 2.75) is 25.4 Å². The van der Waals surface area contributed by atoms with Crippen molar-refractivity contribution in [2.75, 3.05) is 19.0 Å². The van der Waals surface area contributed by atoms with E-state index in [9.17, 15) is 18.0 Å². The number of hydrogen-bond acceptors (Lipinski definition) is 5. The van der Waals surface area contributed by atoms with Gasteiger partial charge in [0.2, 0.25) is 5.91 Å². The molecule has 1 heterocycles. The Morgan fingerprint density at radius 2 is 1.91 bits per heavy atom. The Morgan fingerprint density at radius 1 is 1.15 bits per heavy atom. The lowest BCUT2D eigenvalue weighted by Gasteiger charge is -2.20. The molecule has 1 aliphatic rings. The number of anilines is 1. The SMILES string of the molecule is COCc1nc(C)ncc1OC[C@@]1(c2ccc(F)c(F)c2)C[C@H]1C(=O)Nc1ccc(F)cc1. The van der Waals surface area contributed by atoms with Crippen LogP contribution < -0.4 is 10.1 Å². The van der Waals surface area contributed by atoms with Crippen molar-refractivity contribution in [3.63, 3.8) is 0 Å². The minimum Gasteiger partial charge on any atom is -0.489 e. The van der Waals surface area contributed by atoms with Crippen LogP contribution in [0.2, 0.25) is 0 Å². The lowest BCUT2D eigenvalue weighted by molar-refractivity contribution is -0.117. The molecule has 33 heavy (non-hydrogen) atoms. The molecule has 1 saturated carbocycles. The van der Waals surface area contributed by atoms with E-state index in [2.05, 4.69) is 15.3 Å². The first-order chi connectivity index (χ1) is 15.8. The van der Waals surface area contributed by atoms with Crippen molar-refractivity contribution in [3.8, 4) is 5.75 Å². The van der Waals surface area contributed by atoms with Gasteiger partial charge in [0.1, 0.15) is 17.3 Å². The number of hydrogen-bond donors (Lipinski definition) is 1. The van der Waals surface area contributed by atoms with E-state index < -0.39 is 28.8 Å². The molecular weight excluding hydrogens is 435 g/mol. The van der Waals surface area contributed by atoms with Crippen LogP contribution in [0.15, 0.2) is 48.7 Å². The fraction of sp³-hybridized carbons (Fsp3) is 0.292. The van der Waals surface area contributed by atoms with Gasteiger partial charge >= 0.3 is 0 Å². The molecule has 2 aromatic carbocycles. The fourth-order valence-corrected chi connectivity index (χ4v) is 3.85. The second-order valence-corrected chi connectivity index (χ2v) is 7.99. The molecule has 1 fully saturated rings. The first kappa shape index (κ1) is 22.7. The monoisotopic (exact) mass is 457 g/mol. The summed E-state index contributed by atoms with van der Waals surface area (Å²) >= 11 is 0. The standard InChI is InChI=1S/C24H22F3N3O3/c1-14-28-11-22(21(29-14)12-32-2)33-13-24(15-3-8-19(26)20(27)9-15)10-18(24)23(31)30-17-6-4-16(25)5-7-17/h3-9,11,18H,10,12-13H2,1-2H3,(H,30,31)/t18-,24+/m0/s1. The number of halogens is 3. The highest BCUT2D eigenvalue weighted by atomic mass is 19.2. The quantitative estimate of drug-likeness (QED) is 0.545. The number of benzene rings is 2. The van der Waals surface area contributed by atoms with Gasteiger partial charge in [-0.3, -0.25) is 4.79 Å². The summed E-state index contributed by atoms with van der Waals surface area (Å²) in [5, 5.41) is 2.75. The van der Waals surface area contributed by atoms with Gasteiger partial charge in [-0.15, -0.1) is 0 Å². The second kappa shape index (κ2) is 9.19. The van der Waals surface area contributed by atoms with Gasteiger partial charge < -0.3 is 14.8 Å². The van der Waals surface area contributed by atoms with E-state index in [1.54, 1.807) is 6.92 Å². The number of nitrogens with one attached hydrogen (secondary N) is 1. The molecule has 172 valence electrons. The summed E-state index contributed by atoms with van der Waals surface area (Å²) in [5.41, 5.74) is 0.538. The topological polar surface area (TPSA) is 73.3 Å². The normalized spacial score (nSPS) is 19.2. The average Bonchev–Trinajstić information content (AvgIpc) is 3.53. The van der Waals surface area contributed by atoms with Gasteiger partial charge in [-0.25, -0.2) is 23.1 Å². The van der Waals surface area contributed by atoms with Crippen LogP contribution in [0.5, 0.6) is 5.75 Å². The number of methoxy groups -OCH3 is 1. The molecule has 1 aliphatic carbocycles. The molecule has 0 saturated heterocycles. The first-order valence-electron chi connectivity index (χ1n) is 10.3. The minimum absolute atomic E-state index is 0.0166. The van der Waals surface area contributed by atoms with Crippen LogP contribution in [-0.4, -0.2) is 29.6 Å². The number of amides is 1. The molecule has 6 nitrogen and oxygen atoms in total. The number of carbonyl (C=O) groups is 1. The summed E-state index contributed by atoms with van der Waals surface area (Å²) in [7, 11) is 1.53. The molecule has 0 unspecified atom stereocenters. The summed E-state index contributed by atoms with van der Waals surface area (Å²) in [6, 6.07) is 8.95. The maximum absolute atomic E-state index is 14.0. The number of rotatable bonds is 8. The van der Waals surface area contributed by atoms with Crippen molar-refractivity contribution in [1.29, 1.82) is 0 Å². The van der Waals surface area contributed by atoms with E-state index in [0.717, 1.165) is 12.1 Å². The van der Waals surface area contributed by atoms with Crippen molar-refractivity contribution in [1.82, 2.24) is 9.97 Å². The predicted octanol–water partition coefficient (Wildman–Crippen LogP) is 4.32. The van der Waals surface area contributed by atoms with E-state index in [0.29, 0.717) is 34.9 Å². The second-order valence-electron chi connectivity index (χ2n) is 7.99. The summed E-state index contributed by atoms with van der Waals surface area (Å²) < 4.78 is 51.9. The van der Waals surface area contributed by atoms with Crippen molar-refractivity contribution in [2.24, 2.45) is 5.92 Å². The summed E-state index contributed by atoms with van der Waals surface area (Å²) in [6.07, 6.45) is 1.88. The number of nitrogens with zero attached hydrogens (tertiary/aromatic N) is 2. The van der Waals surface area contributed by atoms with E-state index in [-0.39, 0.29) is 19.1 Å². The van der Waals surface area contributed by atoms with Gasteiger partial charge in [0.25, 0.3) is 0 Å². The predicted molar refractivity (Wildman–Crippen MR) is 114 cm³/mol.